The molecule has 1 rings (SSSR count). The van der Waals surface area contributed by atoms with E-state index in [4.69, 9.17) is 0 Å². The highest BCUT2D eigenvalue weighted by Crippen LogP contribution is 2.22. The zero-order valence-corrected chi connectivity index (χ0v) is 12.3. The average Bonchev–Trinajstić information content (AvgIpc) is 2.36. The van der Waals surface area contributed by atoms with Crippen LogP contribution in [0.5, 0.6) is 0 Å². The Morgan fingerprint density at radius 3 is 2.12 bits per heavy atom. The highest BCUT2D eigenvalue weighted by molar-refractivity contribution is 6.69. The van der Waals surface area contributed by atoms with Crippen LogP contribution in [-0.2, 0) is 0 Å². The van der Waals surface area contributed by atoms with Crippen LogP contribution >= 0.6 is 0 Å². The summed E-state index contributed by atoms with van der Waals surface area (Å²) in [4.78, 5) is 10.6. The van der Waals surface area contributed by atoms with Crippen molar-refractivity contribution in [3.63, 3.8) is 0 Å². The Bertz CT molecular complexity index is 190. The number of nitrogens with zero attached hydrogens (tertiary/aromatic N) is 1. The van der Waals surface area contributed by atoms with E-state index in [2.05, 4.69) is 47.6 Å². The van der Waals surface area contributed by atoms with Gasteiger partial charge in [-0.15, -0.1) is 0 Å². The number of hydrogen-bond acceptors (Lipinski definition) is 4. The van der Waals surface area contributed by atoms with Gasteiger partial charge < -0.3 is 14.9 Å². The molecule has 0 aromatic carbocycles. The van der Waals surface area contributed by atoms with Gasteiger partial charge in [0.25, 0.3) is 0 Å². The van der Waals surface area contributed by atoms with E-state index < -0.39 is 8.72 Å². The van der Waals surface area contributed by atoms with Crippen molar-refractivity contribution in [3.8, 4) is 0 Å². The van der Waals surface area contributed by atoms with Gasteiger partial charge in [-0.05, 0) is 40.5 Å². The van der Waals surface area contributed by atoms with E-state index in [1.165, 1.54) is 32.1 Å². The lowest BCUT2D eigenvalue weighted by Gasteiger charge is -2.44. The fraction of sp³-hybridized carbons (Fsp3) is 1.00. The topological polar surface area (TPSA) is 39.3 Å². The highest BCUT2D eigenvalue weighted by atomic mass is 28.4. The highest BCUT2D eigenvalue weighted by Gasteiger charge is 2.39. The normalized spacial score (nSPS) is 19.3. The maximum absolute atomic E-state index is 3.64. The van der Waals surface area contributed by atoms with E-state index >= 15 is 0 Å². The smallest absolute Gasteiger partial charge is 0.303 e. The van der Waals surface area contributed by atoms with Gasteiger partial charge in [0.1, 0.15) is 0 Å². The molecule has 0 saturated heterocycles. The molecule has 0 heterocycles. The van der Waals surface area contributed by atoms with Crippen LogP contribution in [0.1, 0.15) is 39.0 Å². The lowest BCUT2D eigenvalue weighted by Crippen LogP contribution is -2.80. The van der Waals surface area contributed by atoms with Crippen molar-refractivity contribution in [2.24, 2.45) is 0 Å². The van der Waals surface area contributed by atoms with E-state index in [0.717, 1.165) is 12.6 Å². The minimum absolute atomic E-state index is 0.736. The molecule has 1 aliphatic carbocycles. The van der Waals surface area contributed by atoms with Gasteiger partial charge in [0, 0.05) is 6.04 Å². The number of nitrogens with one attached hydrogen (secondary N) is 3. The second-order valence-corrected chi connectivity index (χ2v) is 8.12. The van der Waals surface area contributed by atoms with Crippen LogP contribution in [0.15, 0.2) is 0 Å². The van der Waals surface area contributed by atoms with Gasteiger partial charge in [0.15, 0.2) is 0 Å². The Balaban J connectivity index is 2.67. The molecule has 1 saturated carbocycles. The maximum atomic E-state index is 3.64. The average molecular weight is 244 g/mol. The standard InChI is InChI=1S/C11H28N4Si/c1-5-14-16(12-2,13-3)15(4)11-9-7-6-8-10-11/h11-14H,5-10H2,1-4H3. The summed E-state index contributed by atoms with van der Waals surface area (Å²) < 4.78 is 2.55. The van der Waals surface area contributed by atoms with Crippen molar-refractivity contribution in [1.82, 2.24) is 19.5 Å². The van der Waals surface area contributed by atoms with Crippen LogP contribution < -0.4 is 14.9 Å². The summed E-state index contributed by atoms with van der Waals surface area (Å²) in [6.07, 6.45) is 6.89. The summed E-state index contributed by atoms with van der Waals surface area (Å²) >= 11 is 0. The summed E-state index contributed by atoms with van der Waals surface area (Å²) in [5.74, 6) is 0. The summed E-state index contributed by atoms with van der Waals surface area (Å²) in [5.41, 5.74) is 0. The van der Waals surface area contributed by atoms with Crippen LogP contribution in [0.3, 0.4) is 0 Å². The fourth-order valence-corrected chi connectivity index (χ4v) is 5.65. The van der Waals surface area contributed by atoms with Crippen LogP contribution in [0.2, 0.25) is 0 Å². The Morgan fingerprint density at radius 2 is 1.69 bits per heavy atom. The van der Waals surface area contributed by atoms with Crippen molar-refractivity contribution < 1.29 is 0 Å². The maximum Gasteiger partial charge on any atom is 0.368 e. The molecule has 1 aliphatic rings. The third-order valence-electron chi connectivity index (χ3n) is 3.81. The van der Waals surface area contributed by atoms with Crippen LogP contribution in [0, 0.1) is 0 Å². The number of hydrogen-bond donors (Lipinski definition) is 3. The minimum Gasteiger partial charge on any atom is -0.303 e. The van der Waals surface area contributed by atoms with E-state index in [0.29, 0.717) is 0 Å². The summed E-state index contributed by atoms with van der Waals surface area (Å²) in [6.45, 7) is 3.18. The van der Waals surface area contributed by atoms with Crippen molar-refractivity contribution >= 4 is 8.72 Å². The molecule has 5 heteroatoms. The van der Waals surface area contributed by atoms with Gasteiger partial charge in [-0.3, -0.25) is 4.57 Å². The van der Waals surface area contributed by atoms with Gasteiger partial charge >= 0.3 is 8.72 Å². The van der Waals surface area contributed by atoms with Crippen LogP contribution in [-0.4, -0.2) is 47.0 Å². The molecular formula is C11H28N4Si. The number of rotatable bonds is 6. The van der Waals surface area contributed by atoms with E-state index in [1.54, 1.807) is 0 Å². The molecule has 16 heavy (non-hydrogen) atoms. The second-order valence-electron chi connectivity index (χ2n) is 4.64. The molecule has 4 nitrogen and oxygen atoms in total. The molecule has 1 fully saturated rings. The van der Waals surface area contributed by atoms with Gasteiger partial charge in [-0.25, -0.2) is 0 Å². The summed E-state index contributed by atoms with van der Waals surface area (Å²) in [5, 5.41) is 0. The first-order valence-electron chi connectivity index (χ1n) is 6.56. The van der Waals surface area contributed by atoms with Crippen molar-refractivity contribution in [2.75, 3.05) is 27.7 Å². The van der Waals surface area contributed by atoms with E-state index in [1.807, 2.05) is 0 Å². The second kappa shape index (κ2) is 6.71. The third kappa shape index (κ3) is 3.04. The monoisotopic (exact) mass is 244 g/mol. The Morgan fingerprint density at radius 1 is 1.12 bits per heavy atom. The summed E-state index contributed by atoms with van der Waals surface area (Å²) in [6, 6.07) is 0.736. The first kappa shape index (κ1) is 14.1. The predicted molar refractivity (Wildman–Crippen MR) is 72.2 cm³/mol. The Hall–Kier alpha value is 0.0569. The first-order chi connectivity index (χ1) is 7.70. The van der Waals surface area contributed by atoms with Crippen LogP contribution in [0.25, 0.3) is 0 Å². The zero-order valence-electron chi connectivity index (χ0n) is 11.3. The molecule has 96 valence electrons. The third-order valence-corrected chi connectivity index (χ3v) is 7.54. The first-order valence-corrected chi connectivity index (χ1v) is 8.50. The van der Waals surface area contributed by atoms with Gasteiger partial charge in [-0.1, -0.05) is 26.2 Å². The molecule has 0 atom stereocenters. The lowest BCUT2D eigenvalue weighted by atomic mass is 9.96. The molecule has 0 radical (unpaired) electrons. The van der Waals surface area contributed by atoms with Gasteiger partial charge in [0.05, 0.1) is 0 Å². The summed E-state index contributed by atoms with van der Waals surface area (Å²) in [7, 11) is 4.53. The van der Waals surface area contributed by atoms with E-state index in [-0.39, 0.29) is 0 Å². The van der Waals surface area contributed by atoms with Crippen molar-refractivity contribution in [1.29, 1.82) is 0 Å². The van der Waals surface area contributed by atoms with E-state index in [9.17, 15) is 0 Å². The van der Waals surface area contributed by atoms with Gasteiger partial charge in [-0.2, -0.15) is 0 Å². The molecule has 0 aliphatic heterocycles. The van der Waals surface area contributed by atoms with Gasteiger partial charge in [0.2, 0.25) is 0 Å². The largest absolute Gasteiger partial charge is 0.368 e. The lowest BCUT2D eigenvalue weighted by molar-refractivity contribution is 0.265. The minimum atomic E-state index is -1.85. The molecule has 0 amide bonds. The molecule has 0 aromatic rings. The molecule has 0 unspecified atom stereocenters. The SMILES string of the molecule is CCN[Si](NC)(NC)N(C)C1CCCCC1. The Labute approximate surface area is 101 Å². The molecule has 0 spiro atoms. The molecular weight excluding hydrogens is 216 g/mol. The molecule has 3 N–H and O–H groups in total. The van der Waals surface area contributed by atoms with Crippen LogP contribution in [0.4, 0.5) is 0 Å². The van der Waals surface area contributed by atoms with Crippen molar-refractivity contribution in [2.45, 2.75) is 45.1 Å². The molecule has 0 aromatic heterocycles. The fourth-order valence-electron chi connectivity index (χ4n) is 2.78. The zero-order chi connectivity index (χ0) is 12.0. The Kier molecular flexibility index (Phi) is 5.92. The van der Waals surface area contributed by atoms with Crippen molar-refractivity contribution in [3.05, 3.63) is 0 Å². The molecule has 0 bridgehead atoms. The quantitative estimate of drug-likeness (QED) is 0.603. The predicted octanol–water partition coefficient (Wildman–Crippen LogP) is 0.735.